The van der Waals surface area contributed by atoms with Crippen LogP contribution in [0.4, 0.5) is 0 Å². The molecule has 0 saturated carbocycles. The van der Waals surface area contributed by atoms with Gasteiger partial charge in [-0.15, -0.1) is 0 Å². The van der Waals surface area contributed by atoms with Gasteiger partial charge in [-0.25, -0.2) is 0 Å². The number of morpholine rings is 1. The molecule has 0 spiro atoms. The fourth-order valence-corrected chi connectivity index (χ4v) is 2.70. The van der Waals surface area contributed by atoms with E-state index in [1.54, 1.807) is 0 Å². The SMILES string of the molecule is CCOC(=O)C(C)(CN1CC(C)OCC1C)NC(C)C. The Morgan fingerprint density at radius 3 is 2.70 bits per heavy atom. The van der Waals surface area contributed by atoms with Crippen LogP contribution in [-0.2, 0) is 14.3 Å². The van der Waals surface area contributed by atoms with Gasteiger partial charge < -0.3 is 9.47 Å². The van der Waals surface area contributed by atoms with Crippen LogP contribution in [0.2, 0.25) is 0 Å². The summed E-state index contributed by atoms with van der Waals surface area (Å²) in [6.45, 7) is 14.7. The molecule has 1 saturated heterocycles. The van der Waals surface area contributed by atoms with Crippen LogP contribution in [-0.4, -0.2) is 60.9 Å². The number of carbonyl (C=O) groups is 1. The zero-order valence-electron chi connectivity index (χ0n) is 13.7. The number of nitrogens with zero attached hydrogens (tertiary/aromatic N) is 1. The maximum atomic E-state index is 12.3. The Balaban J connectivity index is 2.79. The van der Waals surface area contributed by atoms with Gasteiger partial charge in [0.2, 0.25) is 0 Å². The number of esters is 1. The van der Waals surface area contributed by atoms with E-state index in [4.69, 9.17) is 9.47 Å². The minimum absolute atomic E-state index is 0.181. The van der Waals surface area contributed by atoms with Crippen LogP contribution in [0.15, 0.2) is 0 Å². The third-order valence-electron chi connectivity index (χ3n) is 3.59. The van der Waals surface area contributed by atoms with Crippen LogP contribution in [0.5, 0.6) is 0 Å². The molecule has 1 heterocycles. The van der Waals surface area contributed by atoms with E-state index in [1.165, 1.54) is 0 Å². The summed E-state index contributed by atoms with van der Waals surface area (Å²) in [5, 5.41) is 3.37. The van der Waals surface area contributed by atoms with Crippen molar-refractivity contribution in [1.29, 1.82) is 0 Å². The number of rotatable bonds is 6. The Hall–Kier alpha value is -0.650. The Morgan fingerprint density at radius 2 is 2.15 bits per heavy atom. The lowest BCUT2D eigenvalue weighted by molar-refractivity contribution is -0.153. The van der Waals surface area contributed by atoms with E-state index in [-0.39, 0.29) is 18.1 Å². The third-order valence-corrected chi connectivity index (χ3v) is 3.59. The van der Waals surface area contributed by atoms with Crippen LogP contribution in [0.1, 0.15) is 41.5 Å². The molecule has 0 aromatic rings. The Bertz CT molecular complexity index is 322. The second-order valence-electron chi connectivity index (χ2n) is 6.27. The van der Waals surface area contributed by atoms with Crippen LogP contribution < -0.4 is 5.32 Å². The van der Waals surface area contributed by atoms with Crippen molar-refractivity contribution in [2.75, 3.05) is 26.3 Å². The molecule has 5 heteroatoms. The Morgan fingerprint density at radius 1 is 1.50 bits per heavy atom. The van der Waals surface area contributed by atoms with Crippen LogP contribution in [0, 0.1) is 0 Å². The van der Waals surface area contributed by atoms with Crippen molar-refractivity contribution in [2.24, 2.45) is 0 Å². The predicted molar refractivity (Wildman–Crippen MR) is 79.8 cm³/mol. The van der Waals surface area contributed by atoms with Gasteiger partial charge in [0.05, 0.1) is 19.3 Å². The fraction of sp³-hybridized carbons (Fsp3) is 0.933. The first-order valence-corrected chi connectivity index (χ1v) is 7.59. The van der Waals surface area contributed by atoms with E-state index in [9.17, 15) is 4.79 Å². The molecular formula is C15H30N2O3. The zero-order chi connectivity index (χ0) is 15.3. The standard InChI is InChI=1S/C15H30N2O3/c1-7-19-14(18)15(6,16-11(2)3)10-17-8-13(5)20-9-12(17)4/h11-13,16H,7-10H2,1-6H3. The van der Waals surface area contributed by atoms with Crippen molar-refractivity contribution in [3.63, 3.8) is 0 Å². The van der Waals surface area contributed by atoms with Crippen molar-refractivity contribution in [1.82, 2.24) is 10.2 Å². The Labute approximate surface area is 123 Å². The van der Waals surface area contributed by atoms with Gasteiger partial charge in [-0.1, -0.05) is 0 Å². The summed E-state index contributed by atoms with van der Waals surface area (Å²) >= 11 is 0. The van der Waals surface area contributed by atoms with Crippen molar-refractivity contribution in [3.05, 3.63) is 0 Å². The normalized spacial score (nSPS) is 27.4. The first kappa shape index (κ1) is 17.4. The lowest BCUT2D eigenvalue weighted by Crippen LogP contribution is -2.62. The van der Waals surface area contributed by atoms with Crippen molar-refractivity contribution < 1.29 is 14.3 Å². The predicted octanol–water partition coefficient (Wildman–Crippen LogP) is 1.42. The second-order valence-corrected chi connectivity index (χ2v) is 6.27. The summed E-state index contributed by atoms with van der Waals surface area (Å²) in [5.41, 5.74) is -0.685. The summed E-state index contributed by atoms with van der Waals surface area (Å²) in [4.78, 5) is 14.6. The van der Waals surface area contributed by atoms with Crippen LogP contribution >= 0.6 is 0 Å². The van der Waals surface area contributed by atoms with E-state index in [0.717, 1.165) is 6.54 Å². The monoisotopic (exact) mass is 286 g/mol. The van der Waals surface area contributed by atoms with E-state index in [1.807, 2.05) is 27.7 Å². The van der Waals surface area contributed by atoms with Crippen LogP contribution in [0.3, 0.4) is 0 Å². The highest BCUT2D eigenvalue weighted by Crippen LogP contribution is 2.17. The zero-order valence-corrected chi connectivity index (χ0v) is 13.7. The topological polar surface area (TPSA) is 50.8 Å². The maximum Gasteiger partial charge on any atom is 0.327 e. The second kappa shape index (κ2) is 7.38. The number of ether oxygens (including phenoxy) is 2. The summed E-state index contributed by atoms with van der Waals surface area (Å²) in [6.07, 6.45) is 0.205. The first-order chi connectivity index (χ1) is 9.28. The number of carbonyl (C=O) groups excluding carboxylic acids is 1. The average molecular weight is 286 g/mol. The quantitative estimate of drug-likeness (QED) is 0.748. The molecule has 0 radical (unpaired) electrons. The maximum absolute atomic E-state index is 12.3. The molecule has 20 heavy (non-hydrogen) atoms. The molecule has 0 aliphatic carbocycles. The minimum Gasteiger partial charge on any atom is -0.465 e. The molecule has 3 unspecified atom stereocenters. The molecule has 1 N–H and O–H groups in total. The smallest absolute Gasteiger partial charge is 0.327 e. The minimum atomic E-state index is -0.685. The molecule has 118 valence electrons. The van der Waals surface area contributed by atoms with Gasteiger partial charge in [0, 0.05) is 25.2 Å². The van der Waals surface area contributed by atoms with Gasteiger partial charge in [-0.3, -0.25) is 15.0 Å². The van der Waals surface area contributed by atoms with E-state index < -0.39 is 5.54 Å². The van der Waals surface area contributed by atoms with Gasteiger partial charge in [0.1, 0.15) is 5.54 Å². The summed E-state index contributed by atoms with van der Waals surface area (Å²) in [6, 6.07) is 0.534. The molecular weight excluding hydrogens is 256 g/mol. The molecule has 5 nitrogen and oxygen atoms in total. The van der Waals surface area contributed by atoms with Crippen molar-refractivity contribution in [3.8, 4) is 0 Å². The highest BCUT2D eigenvalue weighted by molar-refractivity contribution is 5.80. The number of hydrogen-bond acceptors (Lipinski definition) is 5. The lowest BCUT2D eigenvalue weighted by Gasteiger charge is -2.42. The molecule has 1 aliphatic heterocycles. The lowest BCUT2D eigenvalue weighted by atomic mass is 9.98. The van der Waals surface area contributed by atoms with E-state index in [0.29, 0.717) is 25.8 Å². The summed E-state index contributed by atoms with van der Waals surface area (Å²) in [5.74, 6) is -0.181. The molecule has 1 rings (SSSR count). The van der Waals surface area contributed by atoms with Crippen molar-refractivity contribution >= 4 is 5.97 Å². The molecule has 1 fully saturated rings. The van der Waals surface area contributed by atoms with Gasteiger partial charge in [-0.05, 0) is 41.5 Å². The van der Waals surface area contributed by atoms with E-state index in [2.05, 4.69) is 24.1 Å². The fourth-order valence-electron chi connectivity index (χ4n) is 2.70. The van der Waals surface area contributed by atoms with Crippen LogP contribution in [0.25, 0.3) is 0 Å². The van der Waals surface area contributed by atoms with Gasteiger partial charge in [0.15, 0.2) is 0 Å². The van der Waals surface area contributed by atoms with Crippen molar-refractivity contribution in [2.45, 2.75) is 65.3 Å². The first-order valence-electron chi connectivity index (χ1n) is 7.59. The summed E-state index contributed by atoms with van der Waals surface area (Å²) in [7, 11) is 0. The molecule has 1 aliphatic rings. The highest BCUT2D eigenvalue weighted by Gasteiger charge is 2.39. The summed E-state index contributed by atoms with van der Waals surface area (Å²) < 4.78 is 10.9. The molecule has 0 aromatic heterocycles. The van der Waals surface area contributed by atoms with Gasteiger partial charge >= 0.3 is 5.97 Å². The number of hydrogen-bond donors (Lipinski definition) is 1. The molecule has 0 bridgehead atoms. The number of nitrogens with one attached hydrogen (secondary N) is 1. The molecule has 0 aromatic carbocycles. The van der Waals surface area contributed by atoms with Gasteiger partial charge in [-0.2, -0.15) is 0 Å². The molecule has 3 atom stereocenters. The molecule has 0 amide bonds. The highest BCUT2D eigenvalue weighted by atomic mass is 16.5. The Kier molecular flexibility index (Phi) is 6.43. The average Bonchev–Trinajstić information content (AvgIpc) is 2.33. The third kappa shape index (κ3) is 4.72. The largest absolute Gasteiger partial charge is 0.465 e. The van der Waals surface area contributed by atoms with Gasteiger partial charge in [0.25, 0.3) is 0 Å². The van der Waals surface area contributed by atoms with E-state index >= 15 is 0 Å².